The van der Waals surface area contributed by atoms with Crippen LogP contribution in [0.1, 0.15) is 17.4 Å². The lowest BCUT2D eigenvalue weighted by molar-refractivity contribution is 0.102. The van der Waals surface area contributed by atoms with Crippen molar-refractivity contribution in [2.24, 2.45) is 0 Å². The van der Waals surface area contributed by atoms with E-state index in [2.05, 4.69) is 20.6 Å². The number of nitrogens with zero attached hydrogens (tertiary/aromatic N) is 2. The highest BCUT2D eigenvalue weighted by Crippen LogP contribution is 2.26. The molecule has 3 rings (SSSR count). The number of para-hydroxylation sites is 3. The Hall–Kier alpha value is -3.41. The van der Waals surface area contributed by atoms with Gasteiger partial charge < -0.3 is 15.4 Å². The number of hydrogen-bond acceptors (Lipinski definition) is 5. The molecule has 1 aromatic heterocycles. The number of carbonyl (C=O) groups excluding carboxylic acids is 1. The van der Waals surface area contributed by atoms with Gasteiger partial charge >= 0.3 is 0 Å². The molecule has 0 aliphatic rings. The molecule has 0 radical (unpaired) electrons. The maximum Gasteiger partial charge on any atom is 0.274 e. The zero-order valence-electron chi connectivity index (χ0n) is 13.8. The summed E-state index contributed by atoms with van der Waals surface area (Å²) < 4.78 is 5.58. The fraction of sp³-hybridized carbons (Fsp3) is 0.105. The molecule has 0 spiro atoms. The summed E-state index contributed by atoms with van der Waals surface area (Å²) in [7, 11) is 0. The summed E-state index contributed by atoms with van der Waals surface area (Å²) in [6, 6.07) is 18.4. The molecule has 3 aromatic rings. The molecule has 1 heterocycles. The van der Waals surface area contributed by atoms with Gasteiger partial charge in [0.1, 0.15) is 23.6 Å². The number of benzene rings is 2. The fourth-order valence-corrected chi connectivity index (χ4v) is 2.26. The van der Waals surface area contributed by atoms with Gasteiger partial charge in [-0.15, -0.1) is 0 Å². The SMILES string of the molecule is CCOc1ccccc1Nc1cc(C(=O)Nc2ccccc2)ncn1. The number of hydrogen-bond donors (Lipinski definition) is 2. The first-order chi connectivity index (χ1) is 12.3. The minimum atomic E-state index is -0.297. The van der Waals surface area contributed by atoms with Crippen molar-refractivity contribution in [1.29, 1.82) is 0 Å². The molecule has 0 saturated carbocycles. The van der Waals surface area contributed by atoms with Crippen molar-refractivity contribution < 1.29 is 9.53 Å². The Morgan fingerprint density at radius 1 is 1.04 bits per heavy atom. The third kappa shape index (κ3) is 4.32. The third-order valence-corrected chi connectivity index (χ3v) is 3.38. The van der Waals surface area contributed by atoms with Crippen molar-refractivity contribution in [3.63, 3.8) is 0 Å². The lowest BCUT2D eigenvalue weighted by Gasteiger charge is -2.12. The van der Waals surface area contributed by atoms with Gasteiger partial charge in [0, 0.05) is 11.8 Å². The molecule has 0 aliphatic heterocycles. The molecule has 0 bridgehead atoms. The van der Waals surface area contributed by atoms with Crippen LogP contribution in [0.25, 0.3) is 0 Å². The molecule has 0 fully saturated rings. The minimum Gasteiger partial charge on any atom is -0.492 e. The Morgan fingerprint density at radius 2 is 1.80 bits per heavy atom. The lowest BCUT2D eigenvalue weighted by Crippen LogP contribution is -2.14. The number of amides is 1. The molecule has 0 atom stereocenters. The number of rotatable bonds is 6. The molecule has 1 amide bonds. The van der Waals surface area contributed by atoms with Crippen LogP contribution in [-0.4, -0.2) is 22.5 Å². The van der Waals surface area contributed by atoms with Crippen molar-refractivity contribution in [2.75, 3.05) is 17.2 Å². The normalized spacial score (nSPS) is 10.1. The molecule has 6 heteroatoms. The van der Waals surface area contributed by atoms with Gasteiger partial charge in [0.25, 0.3) is 5.91 Å². The molecule has 6 nitrogen and oxygen atoms in total. The summed E-state index contributed by atoms with van der Waals surface area (Å²) in [6.07, 6.45) is 1.35. The maximum atomic E-state index is 12.3. The van der Waals surface area contributed by atoms with Crippen LogP contribution in [0.4, 0.5) is 17.2 Å². The van der Waals surface area contributed by atoms with Crippen molar-refractivity contribution >= 4 is 23.1 Å². The Kier molecular flexibility index (Phi) is 5.21. The fourth-order valence-electron chi connectivity index (χ4n) is 2.26. The highest BCUT2D eigenvalue weighted by molar-refractivity contribution is 6.03. The van der Waals surface area contributed by atoms with Crippen LogP contribution in [0.2, 0.25) is 0 Å². The van der Waals surface area contributed by atoms with Crippen molar-refractivity contribution in [3.8, 4) is 5.75 Å². The van der Waals surface area contributed by atoms with E-state index in [-0.39, 0.29) is 11.6 Å². The van der Waals surface area contributed by atoms with Gasteiger partial charge in [-0.25, -0.2) is 9.97 Å². The summed E-state index contributed by atoms with van der Waals surface area (Å²) in [4.78, 5) is 20.5. The molecule has 25 heavy (non-hydrogen) atoms. The average molecular weight is 334 g/mol. The Bertz CT molecular complexity index is 853. The molecule has 2 aromatic carbocycles. The Labute approximate surface area is 145 Å². The van der Waals surface area contributed by atoms with E-state index in [0.29, 0.717) is 18.1 Å². The summed E-state index contributed by atoms with van der Waals surface area (Å²) in [6.45, 7) is 2.49. The van der Waals surface area contributed by atoms with E-state index in [1.54, 1.807) is 6.07 Å². The van der Waals surface area contributed by atoms with Gasteiger partial charge in [0.05, 0.1) is 12.3 Å². The first-order valence-corrected chi connectivity index (χ1v) is 7.93. The highest BCUT2D eigenvalue weighted by atomic mass is 16.5. The van der Waals surface area contributed by atoms with Crippen LogP contribution in [0, 0.1) is 0 Å². The zero-order chi connectivity index (χ0) is 17.5. The lowest BCUT2D eigenvalue weighted by atomic mass is 10.2. The number of nitrogens with one attached hydrogen (secondary N) is 2. The van der Waals surface area contributed by atoms with Crippen LogP contribution >= 0.6 is 0 Å². The third-order valence-electron chi connectivity index (χ3n) is 3.38. The zero-order valence-corrected chi connectivity index (χ0v) is 13.8. The smallest absolute Gasteiger partial charge is 0.274 e. The predicted octanol–water partition coefficient (Wildman–Crippen LogP) is 3.87. The maximum absolute atomic E-state index is 12.3. The van der Waals surface area contributed by atoms with E-state index in [1.807, 2.05) is 61.5 Å². The molecule has 0 aliphatic carbocycles. The van der Waals surface area contributed by atoms with Gasteiger partial charge in [0.15, 0.2) is 0 Å². The van der Waals surface area contributed by atoms with Gasteiger partial charge in [-0.2, -0.15) is 0 Å². The van der Waals surface area contributed by atoms with Crippen molar-refractivity contribution in [3.05, 3.63) is 72.7 Å². The molecule has 0 unspecified atom stereocenters. The largest absolute Gasteiger partial charge is 0.492 e. The standard InChI is InChI=1S/C19H18N4O2/c1-2-25-17-11-7-6-10-15(17)23-18-12-16(20-13-21-18)19(24)22-14-8-4-3-5-9-14/h3-13H,2H2,1H3,(H,22,24)(H,20,21,23). The quantitative estimate of drug-likeness (QED) is 0.715. The van der Waals surface area contributed by atoms with E-state index in [9.17, 15) is 4.79 Å². The van der Waals surface area contributed by atoms with Gasteiger partial charge in [-0.05, 0) is 31.2 Å². The van der Waals surface area contributed by atoms with E-state index >= 15 is 0 Å². The number of anilines is 3. The predicted molar refractivity (Wildman–Crippen MR) is 97.3 cm³/mol. The van der Waals surface area contributed by atoms with Gasteiger partial charge in [-0.3, -0.25) is 4.79 Å². The van der Waals surface area contributed by atoms with Gasteiger partial charge in [0.2, 0.25) is 0 Å². The van der Waals surface area contributed by atoms with E-state index in [4.69, 9.17) is 4.74 Å². The van der Waals surface area contributed by atoms with Crippen molar-refractivity contribution in [2.45, 2.75) is 6.92 Å². The summed E-state index contributed by atoms with van der Waals surface area (Å²) in [5.41, 5.74) is 1.76. The van der Waals surface area contributed by atoms with Gasteiger partial charge in [-0.1, -0.05) is 30.3 Å². The van der Waals surface area contributed by atoms with Crippen molar-refractivity contribution in [1.82, 2.24) is 9.97 Å². The molecular weight excluding hydrogens is 316 g/mol. The first kappa shape index (κ1) is 16.4. The summed E-state index contributed by atoms with van der Waals surface area (Å²) >= 11 is 0. The van der Waals surface area contributed by atoms with Crippen LogP contribution in [0.15, 0.2) is 67.0 Å². The second-order valence-corrected chi connectivity index (χ2v) is 5.16. The molecule has 2 N–H and O–H groups in total. The summed E-state index contributed by atoms with van der Waals surface area (Å²) in [5, 5.41) is 5.96. The van der Waals surface area contributed by atoms with Crippen LogP contribution in [-0.2, 0) is 0 Å². The number of ether oxygens (including phenoxy) is 1. The first-order valence-electron chi connectivity index (χ1n) is 7.93. The second kappa shape index (κ2) is 7.92. The Morgan fingerprint density at radius 3 is 2.60 bits per heavy atom. The Balaban J connectivity index is 1.77. The number of aromatic nitrogens is 2. The topological polar surface area (TPSA) is 76.1 Å². The average Bonchev–Trinajstić information content (AvgIpc) is 2.65. The van der Waals surface area contributed by atoms with E-state index < -0.39 is 0 Å². The molecular formula is C19H18N4O2. The minimum absolute atomic E-state index is 0.273. The highest BCUT2D eigenvalue weighted by Gasteiger charge is 2.10. The van der Waals surface area contributed by atoms with Crippen LogP contribution < -0.4 is 15.4 Å². The van der Waals surface area contributed by atoms with Crippen LogP contribution in [0.5, 0.6) is 5.75 Å². The van der Waals surface area contributed by atoms with Crippen LogP contribution in [0.3, 0.4) is 0 Å². The van der Waals surface area contributed by atoms with E-state index in [1.165, 1.54) is 6.33 Å². The van der Waals surface area contributed by atoms with E-state index in [0.717, 1.165) is 11.4 Å². The monoisotopic (exact) mass is 334 g/mol. The summed E-state index contributed by atoms with van der Waals surface area (Å²) in [5.74, 6) is 0.939. The number of carbonyl (C=O) groups is 1. The molecule has 0 saturated heterocycles. The molecule has 126 valence electrons. The second-order valence-electron chi connectivity index (χ2n) is 5.16.